The molecule has 1 aliphatic rings. The maximum absolute atomic E-state index is 13.0. The maximum Gasteiger partial charge on any atom is 0.238 e. The first-order chi connectivity index (χ1) is 13.5. The van der Waals surface area contributed by atoms with Crippen LogP contribution in [0.25, 0.3) is 11.0 Å². The van der Waals surface area contributed by atoms with Gasteiger partial charge in [-0.3, -0.25) is 9.69 Å². The van der Waals surface area contributed by atoms with Crippen LogP contribution in [0.4, 0.5) is 11.6 Å². The molecule has 0 fully saturated rings. The summed E-state index contributed by atoms with van der Waals surface area (Å²) in [6.45, 7) is 5.32. The van der Waals surface area contributed by atoms with Crippen molar-refractivity contribution in [3.8, 4) is 0 Å². The van der Waals surface area contributed by atoms with Gasteiger partial charge in [-0.1, -0.05) is 17.3 Å². The van der Waals surface area contributed by atoms with E-state index in [4.69, 9.17) is 14.5 Å². The van der Waals surface area contributed by atoms with E-state index in [-0.39, 0.29) is 5.91 Å². The summed E-state index contributed by atoms with van der Waals surface area (Å²) in [4.78, 5) is 26.5. The van der Waals surface area contributed by atoms with Gasteiger partial charge in [0, 0.05) is 31.5 Å². The highest BCUT2D eigenvalue weighted by Gasteiger charge is 2.26. The zero-order valence-corrected chi connectivity index (χ0v) is 17.1. The molecule has 8 heteroatoms. The van der Waals surface area contributed by atoms with Gasteiger partial charge in [0.2, 0.25) is 5.91 Å². The Hall–Kier alpha value is -2.61. The van der Waals surface area contributed by atoms with Crippen LogP contribution in [0.3, 0.4) is 0 Å². The Balaban J connectivity index is 1.56. The number of para-hydroxylation sites is 2. The molecule has 0 saturated heterocycles. The van der Waals surface area contributed by atoms with Crippen LogP contribution in [0.2, 0.25) is 0 Å². The number of amides is 1. The molecule has 3 heterocycles. The van der Waals surface area contributed by atoms with Crippen molar-refractivity contribution in [2.45, 2.75) is 26.0 Å². The number of aryl methyl sites for hydroxylation is 2. The Morgan fingerprint density at radius 2 is 1.86 bits per heavy atom. The van der Waals surface area contributed by atoms with E-state index in [9.17, 15) is 4.79 Å². The molecule has 146 valence electrons. The number of nitrogens with zero attached hydrogens (tertiary/aromatic N) is 5. The first-order valence-electron chi connectivity index (χ1n) is 9.32. The minimum atomic E-state index is 0.0536. The van der Waals surface area contributed by atoms with Gasteiger partial charge in [-0.25, -0.2) is 9.97 Å². The van der Waals surface area contributed by atoms with Crippen LogP contribution in [0.15, 0.2) is 28.8 Å². The third kappa shape index (κ3) is 3.56. The summed E-state index contributed by atoms with van der Waals surface area (Å²) in [5.41, 5.74) is 3.60. The van der Waals surface area contributed by atoms with Crippen molar-refractivity contribution >= 4 is 40.3 Å². The molecule has 28 heavy (non-hydrogen) atoms. The van der Waals surface area contributed by atoms with E-state index in [1.165, 1.54) is 0 Å². The zero-order chi connectivity index (χ0) is 19.7. The molecule has 4 rings (SSSR count). The van der Waals surface area contributed by atoms with Crippen molar-refractivity contribution < 1.29 is 9.32 Å². The van der Waals surface area contributed by atoms with Crippen LogP contribution in [-0.4, -0.2) is 46.9 Å². The topological polar surface area (TPSA) is 75.4 Å². The Kier molecular flexibility index (Phi) is 5.21. The van der Waals surface area contributed by atoms with Gasteiger partial charge in [0.05, 0.1) is 22.5 Å². The van der Waals surface area contributed by atoms with Crippen LogP contribution in [0.5, 0.6) is 0 Å². The Bertz CT molecular complexity index is 999. The fourth-order valence-electron chi connectivity index (χ4n) is 3.37. The van der Waals surface area contributed by atoms with Gasteiger partial charge in [0.1, 0.15) is 5.76 Å². The molecule has 0 spiro atoms. The van der Waals surface area contributed by atoms with Gasteiger partial charge in [-0.15, -0.1) is 11.8 Å². The van der Waals surface area contributed by atoms with Crippen molar-refractivity contribution in [1.29, 1.82) is 0 Å². The van der Waals surface area contributed by atoms with Gasteiger partial charge < -0.3 is 9.42 Å². The van der Waals surface area contributed by atoms with E-state index < -0.39 is 0 Å². The average molecular weight is 398 g/mol. The van der Waals surface area contributed by atoms with E-state index in [0.717, 1.165) is 46.8 Å². The number of benzene rings is 1. The molecule has 0 unspecified atom stereocenters. The van der Waals surface area contributed by atoms with Gasteiger partial charge in [0.15, 0.2) is 11.6 Å². The number of thioether (sulfide) groups is 1. The SMILES string of the molecule is Cc1noc(C)c1CSCC(=O)N1CCCN(C)c2nc3ccccc3nc21. The summed E-state index contributed by atoms with van der Waals surface area (Å²) in [7, 11) is 2.00. The lowest BCUT2D eigenvalue weighted by atomic mass is 10.2. The smallest absolute Gasteiger partial charge is 0.238 e. The molecule has 0 radical (unpaired) electrons. The molecule has 0 bridgehead atoms. The summed E-state index contributed by atoms with van der Waals surface area (Å²) in [5.74, 6) is 3.37. The fourth-order valence-corrected chi connectivity index (χ4v) is 4.41. The number of hydrogen-bond acceptors (Lipinski definition) is 7. The van der Waals surface area contributed by atoms with Crippen LogP contribution in [-0.2, 0) is 10.5 Å². The lowest BCUT2D eigenvalue weighted by molar-refractivity contribution is -0.116. The summed E-state index contributed by atoms with van der Waals surface area (Å²) in [6.07, 6.45) is 0.880. The second-order valence-electron chi connectivity index (χ2n) is 6.98. The monoisotopic (exact) mass is 397 g/mol. The Morgan fingerprint density at radius 3 is 2.54 bits per heavy atom. The molecule has 2 aromatic heterocycles. The van der Waals surface area contributed by atoms with E-state index in [2.05, 4.69) is 10.1 Å². The van der Waals surface area contributed by atoms with Crippen molar-refractivity contribution in [2.24, 2.45) is 0 Å². The highest BCUT2D eigenvalue weighted by Crippen LogP contribution is 2.31. The molecule has 0 saturated carbocycles. The number of hydrogen-bond donors (Lipinski definition) is 0. The largest absolute Gasteiger partial charge is 0.361 e. The standard InChI is InChI=1S/C20H23N5O2S/c1-13-15(14(2)27-23-13)11-28-12-18(26)25-10-6-9-24(3)19-20(25)22-17-8-5-4-7-16(17)21-19/h4-5,7-8H,6,9-12H2,1-3H3. The minimum absolute atomic E-state index is 0.0536. The minimum Gasteiger partial charge on any atom is -0.361 e. The van der Waals surface area contributed by atoms with Gasteiger partial charge in [-0.2, -0.15) is 0 Å². The number of rotatable bonds is 4. The molecule has 1 aromatic carbocycles. The molecule has 0 aliphatic carbocycles. The molecule has 0 atom stereocenters. The maximum atomic E-state index is 13.0. The molecular weight excluding hydrogens is 374 g/mol. The third-order valence-corrected chi connectivity index (χ3v) is 5.93. The van der Waals surface area contributed by atoms with E-state index in [0.29, 0.717) is 23.9 Å². The van der Waals surface area contributed by atoms with Crippen molar-refractivity contribution in [3.63, 3.8) is 0 Å². The zero-order valence-electron chi connectivity index (χ0n) is 16.3. The van der Waals surface area contributed by atoms with Crippen LogP contribution in [0, 0.1) is 13.8 Å². The molecule has 3 aromatic rings. The van der Waals surface area contributed by atoms with Crippen LogP contribution >= 0.6 is 11.8 Å². The third-order valence-electron chi connectivity index (χ3n) is 4.98. The molecular formula is C20H23N5O2S. The number of carbonyl (C=O) groups is 1. The normalized spacial score (nSPS) is 14.2. The van der Waals surface area contributed by atoms with Crippen LogP contribution in [0.1, 0.15) is 23.4 Å². The van der Waals surface area contributed by atoms with Gasteiger partial charge in [0.25, 0.3) is 0 Å². The molecule has 7 nitrogen and oxygen atoms in total. The molecule has 1 amide bonds. The van der Waals surface area contributed by atoms with Crippen LogP contribution < -0.4 is 9.80 Å². The lowest BCUT2D eigenvalue weighted by Crippen LogP contribution is -2.34. The molecule has 1 aliphatic heterocycles. The van der Waals surface area contributed by atoms with Crippen molar-refractivity contribution in [3.05, 3.63) is 41.3 Å². The second kappa shape index (κ2) is 7.79. The average Bonchev–Trinajstić information content (AvgIpc) is 2.92. The second-order valence-corrected chi connectivity index (χ2v) is 7.96. The van der Waals surface area contributed by atoms with Crippen molar-refractivity contribution in [1.82, 2.24) is 15.1 Å². The molecule has 0 N–H and O–H groups in total. The summed E-state index contributed by atoms with van der Waals surface area (Å²) in [6, 6.07) is 7.78. The number of anilines is 2. The van der Waals surface area contributed by atoms with Crippen molar-refractivity contribution in [2.75, 3.05) is 35.7 Å². The predicted octanol–water partition coefficient (Wildman–Crippen LogP) is 3.34. The van der Waals surface area contributed by atoms with Gasteiger partial charge >= 0.3 is 0 Å². The van der Waals surface area contributed by atoms with Gasteiger partial charge in [-0.05, 0) is 32.4 Å². The Morgan fingerprint density at radius 1 is 1.14 bits per heavy atom. The first-order valence-corrected chi connectivity index (χ1v) is 10.5. The number of aromatic nitrogens is 3. The number of carbonyl (C=O) groups excluding carboxylic acids is 1. The van der Waals surface area contributed by atoms with E-state index in [1.54, 1.807) is 16.7 Å². The summed E-state index contributed by atoms with van der Waals surface area (Å²) >= 11 is 1.57. The van der Waals surface area contributed by atoms with E-state index >= 15 is 0 Å². The highest BCUT2D eigenvalue weighted by atomic mass is 32.2. The Labute approximate surface area is 168 Å². The first kappa shape index (κ1) is 18.7. The summed E-state index contributed by atoms with van der Waals surface area (Å²) < 4.78 is 5.20. The highest BCUT2D eigenvalue weighted by molar-refractivity contribution is 7.99. The fraction of sp³-hybridized carbons (Fsp3) is 0.400. The quantitative estimate of drug-likeness (QED) is 0.668. The lowest BCUT2D eigenvalue weighted by Gasteiger charge is -2.22. The summed E-state index contributed by atoms with van der Waals surface area (Å²) in [5, 5.41) is 3.98. The van der Waals surface area contributed by atoms with E-state index in [1.807, 2.05) is 45.2 Å². The number of fused-ring (bicyclic) bond motifs is 2. The predicted molar refractivity (Wildman–Crippen MR) is 112 cm³/mol.